The topological polar surface area (TPSA) is 79.0 Å². The van der Waals surface area contributed by atoms with E-state index in [1.54, 1.807) is 4.90 Å². The lowest BCUT2D eigenvalue weighted by Crippen LogP contribution is -2.42. The number of benzene rings is 1. The number of hydrogen-bond acceptors (Lipinski definition) is 4. The number of nitrogens with zero attached hydrogens (tertiary/aromatic N) is 2. The van der Waals surface area contributed by atoms with E-state index in [2.05, 4.69) is 5.32 Å². The summed E-state index contributed by atoms with van der Waals surface area (Å²) in [5.74, 6) is -1.56. The Morgan fingerprint density at radius 1 is 1.21 bits per heavy atom. The number of carbonyl (C=O) groups excluding carboxylic acids is 3. The summed E-state index contributed by atoms with van der Waals surface area (Å²) in [5.41, 5.74) is 1.04. The highest BCUT2D eigenvalue weighted by Crippen LogP contribution is 2.20. The Balaban J connectivity index is 1.49. The van der Waals surface area contributed by atoms with Crippen molar-refractivity contribution in [2.24, 2.45) is 5.92 Å². The van der Waals surface area contributed by atoms with Crippen LogP contribution in [0, 0.1) is 5.92 Å². The highest BCUT2D eigenvalue weighted by atomic mass is 16.7. The molecule has 7 nitrogen and oxygen atoms in total. The average molecular weight is 331 g/mol. The predicted molar refractivity (Wildman–Crippen MR) is 85.3 cm³/mol. The van der Waals surface area contributed by atoms with Crippen molar-refractivity contribution >= 4 is 17.7 Å². The molecule has 7 heteroatoms. The Bertz CT molecular complexity index is 614. The van der Waals surface area contributed by atoms with Crippen LogP contribution in [-0.4, -0.2) is 53.9 Å². The van der Waals surface area contributed by atoms with Crippen molar-refractivity contribution in [3.63, 3.8) is 0 Å². The van der Waals surface area contributed by atoms with Crippen LogP contribution in [0.1, 0.15) is 18.4 Å². The molecule has 0 radical (unpaired) electrons. The van der Waals surface area contributed by atoms with Crippen molar-refractivity contribution in [1.29, 1.82) is 0 Å². The summed E-state index contributed by atoms with van der Waals surface area (Å²) in [6, 6.07) is 9.68. The summed E-state index contributed by atoms with van der Waals surface area (Å²) < 4.78 is 0. The van der Waals surface area contributed by atoms with Gasteiger partial charge in [0.05, 0.1) is 19.7 Å². The van der Waals surface area contributed by atoms with E-state index in [0.717, 1.165) is 12.0 Å². The quantitative estimate of drug-likeness (QED) is 0.788. The van der Waals surface area contributed by atoms with Gasteiger partial charge in [-0.25, -0.2) is 5.06 Å². The maximum absolute atomic E-state index is 12.4. The molecule has 1 unspecified atom stereocenters. The van der Waals surface area contributed by atoms with Gasteiger partial charge in [0.2, 0.25) is 11.8 Å². The van der Waals surface area contributed by atoms with Gasteiger partial charge in [-0.15, -0.1) is 0 Å². The molecule has 2 heterocycles. The number of hydroxylamine groups is 2. The van der Waals surface area contributed by atoms with Gasteiger partial charge >= 0.3 is 0 Å². The van der Waals surface area contributed by atoms with E-state index in [-0.39, 0.29) is 24.3 Å². The lowest BCUT2D eigenvalue weighted by atomic mass is 10.1. The van der Waals surface area contributed by atoms with E-state index in [1.165, 1.54) is 5.06 Å². The largest absolute Gasteiger partial charge is 0.346 e. The summed E-state index contributed by atoms with van der Waals surface area (Å²) in [6.07, 6.45) is 1.28. The van der Waals surface area contributed by atoms with Crippen molar-refractivity contribution in [2.45, 2.75) is 19.4 Å². The molecule has 0 aliphatic carbocycles. The maximum atomic E-state index is 12.4. The fourth-order valence-electron chi connectivity index (χ4n) is 2.96. The van der Waals surface area contributed by atoms with Gasteiger partial charge in [-0.05, 0) is 18.4 Å². The van der Waals surface area contributed by atoms with Gasteiger partial charge in [-0.3, -0.25) is 19.2 Å². The van der Waals surface area contributed by atoms with E-state index in [0.29, 0.717) is 32.7 Å². The van der Waals surface area contributed by atoms with E-state index in [1.807, 2.05) is 30.3 Å². The fraction of sp³-hybridized carbons (Fsp3) is 0.471. The minimum absolute atomic E-state index is 0.138. The van der Waals surface area contributed by atoms with Gasteiger partial charge < -0.3 is 10.2 Å². The van der Waals surface area contributed by atoms with E-state index in [9.17, 15) is 14.4 Å². The van der Waals surface area contributed by atoms with E-state index >= 15 is 0 Å². The molecule has 0 spiro atoms. The minimum atomic E-state index is -0.707. The molecule has 1 aromatic rings. The molecule has 3 rings (SSSR count). The van der Waals surface area contributed by atoms with Crippen LogP contribution in [0.3, 0.4) is 0 Å². The first-order valence-corrected chi connectivity index (χ1v) is 8.19. The minimum Gasteiger partial charge on any atom is -0.346 e. The van der Waals surface area contributed by atoms with Crippen molar-refractivity contribution in [3.05, 3.63) is 35.9 Å². The van der Waals surface area contributed by atoms with Crippen LogP contribution in [0.2, 0.25) is 0 Å². The third kappa shape index (κ3) is 3.73. The summed E-state index contributed by atoms with van der Waals surface area (Å²) in [7, 11) is 0. The first-order chi connectivity index (χ1) is 11.6. The molecule has 0 aromatic heterocycles. The maximum Gasteiger partial charge on any atom is 0.265 e. The SMILES string of the molecule is O=C(NCC(=O)N1CCCO1)C1CCN(Cc2ccccc2)C1=O. The third-order valence-corrected chi connectivity index (χ3v) is 4.27. The zero-order valence-corrected chi connectivity index (χ0v) is 13.4. The second-order valence-electron chi connectivity index (χ2n) is 5.99. The molecule has 0 bridgehead atoms. The Kier molecular flexibility index (Phi) is 5.10. The first kappa shape index (κ1) is 16.4. The highest BCUT2D eigenvalue weighted by molar-refractivity contribution is 6.02. The van der Waals surface area contributed by atoms with Crippen LogP contribution in [0.5, 0.6) is 0 Å². The monoisotopic (exact) mass is 331 g/mol. The Hall–Kier alpha value is -2.41. The highest BCUT2D eigenvalue weighted by Gasteiger charge is 2.37. The molecule has 2 aliphatic heterocycles. The van der Waals surface area contributed by atoms with Gasteiger partial charge in [0.15, 0.2) is 0 Å². The third-order valence-electron chi connectivity index (χ3n) is 4.27. The Labute approximate surface area is 140 Å². The van der Waals surface area contributed by atoms with Crippen LogP contribution in [0.4, 0.5) is 0 Å². The average Bonchev–Trinajstić information content (AvgIpc) is 3.25. The van der Waals surface area contributed by atoms with Gasteiger partial charge in [0.1, 0.15) is 5.92 Å². The number of carbonyl (C=O) groups is 3. The summed E-state index contributed by atoms with van der Waals surface area (Å²) in [4.78, 5) is 43.3. The van der Waals surface area contributed by atoms with Crippen molar-refractivity contribution < 1.29 is 19.2 Å². The molecule has 128 valence electrons. The van der Waals surface area contributed by atoms with Crippen molar-refractivity contribution in [1.82, 2.24) is 15.3 Å². The smallest absolute Gasteiger partial charge is 0.265 e. The molecular weight excluding hydrogens is 310 g/mol. The predicted octanol–water partition coefficient (Wildman–Crippen LogP) is 0.315. The molecule has 1 N–H and O–H groups in total. The Morgan fingerprint density at radius 2 is 2.00 bits per heavy atom. The molecule has 1 aromatic carbocycles. The number of amides is 3. The molecule has 2 saturated heterocycles. The molecule has 24 heavy (non-hydrogen) atoms. The van der Waals surface area contributed by atoms with Crippen molar-refractivity contribution in [2.75, 3.05) is 26.2 Å². The molecule has 2 fully saturated rings. The zero-order chi connectivity index (χ0) is 16.9. The molecule has 1 atom stereocenters. The normalized spacial score (nSPS) is 20.5. The second kappa shape index (κ2) is 7.44. The standard InChI is InChI=1S/C17H21N3O4/c21-15(20-8-4-10-24-20)11-18-16(22)14-7-9-19(17(14)23)12-13-5-2-1-3-6-13/h1-3,5-6,14H,4,7-12H2,(H,18,22). The van der Waals surface area contributed by atoms with E-state index < -0.39 is 5.92 Å². The fourth-order valence-corrected chi connectivity index (χ4v) is 2.96. The molecule has 2 aliphatic rings. The van der Waals surface area contributed by atoms with Crippen LogP contribution >= 0.6 is 0 Å². The number of rotatable bonds is 5. The van der Waals surface area contributed by atoms with Gasteiger partial charge in [-0.1, -0.05) is 30.3 Å². The molecule has 3 amide bonds. The lowest BCUT2D eigenvalue weighted by molar-refractivity contribution is -0.168. The summed E-state index contributed by atoms with van der Waals surface area (Å²) in [6.45, 7) is 1.98. The van der Waals surface area contributed by atoms with Gasteiger partial charge in [0, 0.05) is 13.1 Å². The lowest BCUT2D eigenvalue weighted by Gasteiger charge is -2.17. The van der Waals surface area contributed by atoms with Crippen LogP contribution in [0.15, 0.2) is 30.3 Å². The number of likely N-dealkylation sites (tertiary alicyclic amines) is 1. The van der Waals surface area contributed by atoms with Gasteiger partial charge in [-0.2, -0.15) is 0 Å². The zero-order valence-electron chi connectivity index (χ0n) is 13.4. The number of hydrogen-bond donors (Lipinski definition) is 1. The van der Waals surface area contributed by atoms with E-state index in [4.69, 9.17) is 4.84 Å². The molecular formula is C17H21N3O4. The second-order valence-corrected chi connectivity index (χ2v) is 5.99. The first-order valence-electron chi connectivity index (χ1n) is 8.19. The molecule has 0 saturated carbocycles. The summed E-state index contributed by atoms with van der Waals surface area (Å²) >= 11 is 0. The van der Waals surface area contributed by atoms with Crippen LogP contribution in [-0.2, 0) is 25.8 Å². The van der Waals surface area contributed by atoms with Crippen LogP contribution in [0.25, 0.3) is 0 Å². The summed E-state index contributed by atoms with van der Waals surface area (Å²) in [5, 5.41) is 3.82. The van der Waals surface area contributed by atoms with Gasteiger partial charge in [0.25, 0.3) is 5.91 Å². The van der Waals surface area contributed by atoms with Crippen LogP contribution < -0.4 is 5.32 Å². The van der Waals surface area contributed by atoms with Crippen molar-refractivity contribution in [3.8, 4) is 0 Å². The Morgan fingerprint density at radius 3 is 2.71 bits per heavy atom. The number of nitrogens with one attached hydrogen (secondary N) is 1.